The van der Waals surface area contributed by atoms with Crippen LogP contribution in [0.15, 0.2) is 74.5 Å². The van der Waals surface area contributed by atoms with Crippen molar-refractivity contribution in [2.24, 2.45) is 0 Å². The molecule has 0 spiro atoms. The van der Waals surface area contributed by atoms with E-state index in [-0.39, 0.29) is 29.5 Å². The molecule has 0 fully saturated rings. The Morgan fingerprint density at radius 1 is 1.07 bits per heavy atom. The number of amides is 1. The SMILES string of the molecule is Cc1ccc2c(=O)c(OCC(=O)Nc3ccccc3C)c(-c3ccco3)oc2c1. The van der Waals surface area contributed by atoms with Crippen molar-refractivity contribution >= 4 is 22.6 Å². The molecule has 4 rings (SSSR count). The van der Waals surface area contributed by atoms with Gasteiger partial charge in [0, 0.05) is 5.69 Å². The summed E-state index contributed by atoms with van der Waals surface area (Å²) in [5, 5.41) is 3.15. The van der Waals surface area contributed by atoms with Crippen LogP contribution in [0.1, 0.15) is 11.1 Å². The molecule has 6 nitrogen and oxygen atoms in total. The highest BCUT2D eigenvalue weighted by atomic mass is 16.5. The molecule has 2 aromatic carbocycles. The third-order valence-electron chi connectivity index (χ3n) is 4.52. The van der Waals surface area contributed by atoms with Crippen LogP contribution in [0.2, 0.25) is 0 Å². The van der Waals surface area contributed by atoms with Gasteiger partial charge in [-0.25, -0.2) is 0 Å². The van der Waals surface area contributed by atoms with Crippen LogP contribution in [0.25, 0.3) is 22.5 Å². The second kappa shape index (κ2) is 7.67. The van der Waals surface area contributed by atoms with Crippen LogP contribution in [0.4, 0.5) is 5.69 Å². The highest BCUT2D eigenvalue weighted by Crippen LogP contribution is 2.31. The number of hydrogen-bond acceptors (Lipinski definition) is 5. The van der Waals surface area contributed by atoms with E-state index in [1.807, 2.05) is 38.1 Å². The lowest BCUT2D eigenvalue weighted by atomic mass is 10.1. The Kier molecular flexibility index (Phi) is 4.91. The smallest absolute Gasteiger partial charge is 0.262 e. The minimum atomic E-state index is -0.381. The van der Waals surface area contributed by atoms with Gasteiger partial charge in [0.2, 0.25) is 16.9 Å². The summed E-state index contributed by atoms with van der Waals surface area (Å²) in [5.41, 5.74) is 2.64. The number of nitrogens with one attached hydrogen (secondary N) is 1. The molecule has 0 radical (unpaired) electrons. The maximum atomic E-state index is 13.0. The Hall–Kier alpha value is -3.80. The van der Waals surface area contributed by atoms with Gasteiger partial charge >= 0.3 is 0 Å². The Balaban J connectivity index is 1.67. The van der Waals surface area contributed by atoms with Gasteiger partial charge in [-0.3, -0.25) is 9.59 Å². The monoisotopic (exact) mass is 389 g/mol. The minimum Gasteiger partial charge on any atom is -0.476 e. The lowest BCUT2D eigenvalue weighted by Crippen LogP contribution is -2.23. The topological polar surface area (TPSA) is 81.7 Å². The summed E-state index contributed by atoms with van der Waals surface area (Å²) in [7, 11) is 0. The number of ether oxygens (including phenoxy) is 1. The Labute approximate surface area is 166 Å². The van der Waals surface area contributed by atoms with Gasteiger partial charge in [-0.15, -0.1) is 0 Å². The lowest BCUT2D eigenvalue weighted by molar-refractivity contribution is -0.118. The number of fused-ring (bicyclic) bond motifs is 1. The largest absolute Gasteiger partial charge is 0.476 e. The summed E-state index contributed by atoms with van der Waals surface area (Å²) >= 11 is 0. The molecule has 0 saturated heterocycles. The Morgan fingerprint density at radius 3 is 2.66 bits per heavy atom. The number of rotatable bonds is 5. The molecule has 6 heteroatoms. The molecule has 0 aliphatic rings. The fraction of sp³-hybridized carbons (Fsp3) is 0.130. The fourth-order valence-corrected chi connectivity index (χ4v) is 3.02. The van der Waals surface area contributed by atoms with Crippen molar-refractivity contribution in [1.29, 1.82) is 0 Å². The van der Waals surface area contributed by atoms with Crippen LogP contribution < -0.4 is 15.5 Å². The summed E-state index contributed by atoms with van der Waals surface area (Å²) < 4.78 is 16.9. The molecule has 0 saturated carbocycles. The number of aryl methyl sites for hydroxylation is 2. The molecule has 4 aromatic rings. The molecular weight excluding hydrogens is 370 g/mol. The standard InChI is InChI=1S/C23H19NO5/c1-14-9-10-16-19(12-14)29-22(18-8-5-11-27-18)23(21(16)26)28-13-20(25)24-17-7-4-3-6-15(17)2/h3-12H,13H2,1-2H3,(H,24,25). The number of carbonyl (C=O) groups excluding carboxylic acids is 1. The van der Waals surface area contributed by atoms with Gasteiger partial charge in [-0.2, -0.15) is 0 Å². The van der Waals surface area contributed by atoms with E-state index in [1.54, 1.807) is 30.3 Å². The summed E-state index contributed by atoms with van der Waals surface area (Å²) in [4.78, 5) is 25.4. The van der Waals surface area contributed by atoms with Gasteiger partial charge in [-0.05, 0) is 55.3 Å². The highest BCUT2D eigenvalue weighted by molar-refractivity contribution is 5.92. The highest BCUT2D eigenvalue weighted by Gasteiger charge is 2.20. The summed E-state index contributed by atoms with van der Waals surface area (Å²) in [6.45, 7) is 3.46. The van der Waals surface area contributed by atoms with Crippen molar-refractivity contribution in [3.8, 4) is 17.3 Å². The zero-order valence-electron chi connectivity index (χ0n) is 16.0. The Morgan fingerprint density at radius 2 is 1.90 bits per heavy atom. The number of furan rings is 1. The van der Waals surface area contributed by atoms with Crippen molar-refractivity contribution < 1.29 is 18.4 Å². The van der Waals surface area contributed by atoms with E-state index in [0.29, 0.717) is 22.4 Å². The maximum Gasteiger partial charge on any atom is 0.262 e. The normalized spacial score (nSPS) is 10.8. The Bertz CT molecular complexity index is 1240. The molecule has 2 aromatic heterocycles. The minimum absolute atomic E-state index is 0.0590. The van der Waals surface area contributed by atoms with E-state index < -0.39 is 0 Å². The van der Waals surface area contributed by atoms with Crippen molar-refractivity contribution in [2.45, 2.75) is 13.8 Å². The van der Waals surface area contributed by atoms with Gasteiger partial charge < -0.3 is 18.9 Å². The van der Waals surface area contributed by atoms with Gasteiger partial charge in [0.25, 0.3) is 5.91 Å². The number of para-hydroxylation sites is 1. The van der Waals surface area contributed by atoms with Gasteiger partial charge in [0.15, 0.2) is 12.4 Å². The zero-order valence-corrected chi connectivity index (χ0v) is 16.0. The first kappa shape index (κ1) is 18.6. The first-order valence-electron chi connectivity index (χ1n) is 9.12. The second-order valence-electron chi connectivity index (χ2n) is 6.72. The van der Waals surface area contributed by atoms with Crippen molar-refractivity contribution in [3.63, 3.8) is 0 Å². The molecular formula is C23H19NO5. The summed E-state index contributed by atoms with van der Waals surface area (Å²) in [6.07, 6.45) is 1.48. The van der Waals surface area contributed by atoms with Crippen LogP contribution in [-0.2, 0) is 4.79 Å². The van der Waals surface area contributed by atoms with E-state index in [9.17, 15) is 9.59 Å². The van der Waals surface area contributed by atoms with Crippen LogP contribution in [-0.4, -0.2) is 12.5 Å². The van der Waals surface area contributed by atoms with Gasteiger partial charge in [0.1, 0.15) is 5.58 Å². The molecule has 0 aliphatic heterocycles. The van der Waals surface area contributed by atoms with E-state index in [2.05, 4.69) is 5.32 Å². The third-order valence-corrected chi connectivity index (χ3v) is 4.52. The van der Waals surface area contributed by atoms with E-state index in [1.165, 1.54) is 6.26 Å². The molecule has 29 heavy (non-hydrogen) atoms. The summed E-state index contributed by atoms with van der Waals surface area (Å²) in [5.74, 6) is 0.0611. The van der Waals surface area contributed by atoms with Crippen molar-refractivity contribution in [1.82, 2.24) is 0 Å². The summed E-state index contributed by atoms with van der Waals surface area (Å²) in [6, 6.07) is 16.0. The molecule has 0 bridgehead atoms. The molecule has 0 unspecified atom stereocenters. The van der Waals surface area contributed by atoms with Crippen LogP contribution >= 0.6 is 0 Å². The molecule has 0 aliphatic carbocycles. The van der Waals surface area contributed by atoms with Gasteiger partial charge in [-0.1, -0.05) is 24.3 Å². The zero-order chi connectivity index (χ0) is 20.4. The number of hydrogen-bond donors (Lipinski definition) is 1. The van der Waals surface area contributed by atoms with Crippen LogP contribution in [0, 0.1) is 13.8 Å². The van der Waals surface area contributed by atoms with Crippen LogP contribution in [0.5, 0.6) is 5.75 Å². The van der Waals surface area contributed by atoms with E-state index >= 15 is 0 Å². The number of anilines is 1. The first-order valence-corrected chi connectivity index (χ1v) is 9.12. The molecule has 2 heterocycles. The fourth-order valence-electron chi connectivity index (χ4n) is 3.02. The van der Waals surface area contributed by atoms with Crippen molar-refractivity contribution in [3.05, 3.63) is 82.2 Å². The predicted molar refractivity (Wildman–Crippen MR) is 110 cm³/mol. The van der Waals surface area contributed by atoms with Gasteiger partial charge in [0.05, 0.1) is 11.6 Å². The molecule has 1 amide bonds. The quantitative estimate of drug-likeness (QED) is 0.536. The predicted octanol–water partition coefficient (Wildman–Crippen LogP) is 4.69. The average Bonchev–Trinajstić information content (AvgIpc) is 3.23. The number of carbonyl (C=O) groups is 1. The number of benzene rings is 2. The average molecular weight is 389 g/mol. The maximum absolute atomic E-state index is 13.0. The molecule has 146 valence electrons. The molecule has 1 N–H and O–H groups in total. The van der Waals surface area contributed by atoms with E-state index in [4.69, 9.17) is 13.6 Å². The van der Waals surface area contributed by atoms with E-state index in [0.717, 1.165) is 11.1 Å². The first-order chi connectivity index (χ1) is 14.0. The van der Waals surface area contributed by atoms with Crippen LogP contribution in [0.3, 0.4) is 0 Å². The second-order valence-corrected chi connectivity index (χ2v) is 6.72. The third kappa shape index (κ3) is 3.78. The van der Waals surface area contributed by atoms with Crippen molar-refractivity contribution in [2.75, 3.05) is 11.9 Å². The lowest BCUT2D eigenvalue weighted by Gasteiger charge is -2.11. The molecule has 0 atom stereocenters.